The van der Waals surface area contributed by atoms with E-state index in [1.165, 1.54) is 45.1 Å². The van der Waals surface area contributed by atoms with Gasteiger partial charge in [0.05, 0.1) is 0 Å². The van der Waals surface area contributed by atoms with Crippen LogP contribution in [0.1, 0.15) is 87.0 Å². The SMILES string of the molecule is CCCCC1CC(C(C)(C)C)CCC1CNC(C)(C)C. The van der Waals surface area contributed by atoms with Gasteiger partial charge < -0.3 is 5.32 Å². The van der Waals surface area contributed by atoms with Crippen molar-refractivity contribution in [2.75, 3.05) is 6.54 Å². The second kappa shape index (κ2) is 7.29. The van der Waals surface area contributed by atoms with Gasteiger partial charge in [-0.25, -0.2) is 0 Å². The first-order valence-electron chi connectivity index (χ1n) is 8.88. The van der Waals surface area contributed by atoms with Gasteiger partial charge in [0.25, 0.3) is 0 Å². The molecule has 20 heavy (non-hydrogen) atoms. The highest BCUT2D eigenvalue weighted by Crippen LogP contribution is 2.44. The molecule has 0 radical (unpaired) electrons. The van der Waals surface area contributed by atoms with Crippen LogP contribution in [-0.4, -0.2) is 12.1 Å². The summed E-state index contributed by atoms with van der Waals surface area (Å²) in [5.41, 5.74) is 0.753. The van der Waals surface area contributed by atoms with E-state index in [1.807, 2.05) is 0 Å². The van der Waals surface area contributed by atoms with E-state index in [2.05, 4.69) is 53.8 Å². The van der Waals surface area contributed by atoms with Crippen LogP contribution in [0.15, 0.2) is 0 Å². The average molecular weight is 282 g/mol. The monoisotopic (exact) mass is 281 g/mol. The van der Waals surface area contributed by atoms with E-state index < -0.39 is 0 Å². The van der Waals surface area contributed by atoms with Gasteiger partial charge in [0.1, 0.15) is 0 Å². The van der Waals surface area contributed by atoms with Crippen molar-refractivity contribution in [3.8, 4) is 0 Å². The maximum Gasteiger partial charge on any atom is 0.00966 e. The maximum absolute atomic E-state index is 3.75. The fourth-order valence-electron chi connectivity index (χ4n) is 3.64. The third kappa shape index (κ3) is 6.16. The maximum atomic E-state index is 3.75. The minimum atomic E-state index is 0.260. The quantitative estimate of drug-likeness (QED) is 0.687. The molecule has 1 heteroatoms. The molecule has 1 saturated carbocycles. The zero-order valence-corrected chi connectivity index (χ0v) is 15.2. The van der Waals surface area contributed by atoms with Gasteiger partial charge in [0, 0.05) is 5.54 Å². The summed E-state index contributed by atoms with van der Waals surface area (Å²) in [5, 5.41) is 3.75. The Hall–Kier alpha value is -0.0400. The Morgan fingerprint density at radius 2 is 1.60 bits per heavy atom. The van der Waals surface area contributed by atoms with Gasteiger partial charge in [-0.15, -0.1) is 0 Å². The van der Waals surface area contributed by atoms with Gasteiger partial charge in [0.15, 0.2) is 0 Å². The third-order valence-corrected chi connectivity index (χ3v) is 5.19. The first-order chi connectivity index (χ1) is 9.13. The highest BCUT2D eigenvalue weighted by atomic mass is 14.9. The Morgan fingerprint density at radius 1 is 0.950 bits per heavy atom. The Labute approximate surface area is 128 Å². The molecule has 0 heterocycles. The van der Waals surface area contributed by atoms with Crippen molar-refractivity contribution in [1.29, 1.82) is 0 Å². The van der Waals surface area contributed by atoms with E-state index in [-0.39, 0.29) is 5.54 Å². The van der Waals surface area contributed by atoms with Crippen LogP contribution in [0.2, 0.25) is 0 Å². The van der Waals surface area contributed by atoms with E-state index in [0.29, 0.717) is 5.41 Å². The number of nitrogens with one attached hydrogen (secondary N) is 1. The van der Waals surface area contributed by atoms with Crippen LogP contribution in [0.5, 0.6) is 0 Å². The molecule has 0 bridgehead atoms. The molecule has 1 N–H and O–H groups in total. The van der Waals surface area contributed by atoms with Gasteiger partial charge >= 0.3 is 0 Å². The van der Waals surface area contributed by atoms with Crippen LogP contribution in [0.3, 0.4) is 0 Å². The van der Waals surface area contributed by atoms with Crippen LogP contribution < -0.4 is 5.32 Å². The molecule has 0 aromatic rings. The van der Waals surface area contributed by atoms with Crippen LogP contribution in [0, 0.1) is 23.2 Å². The fourth-order valence-corrected chi connectivity index (χ4v) is 3.64. The van der Waals surface area contributed by atoms with Crippen LogP contribution >= 0.6 is 0 Å². The molecule has 3 atom stereocenters. The lowest BCUT2D eigenvalue weighted by molar-refractivity contribution is 0.0881. The van der Waals surface area contributed by atoms with Gasteiger partial charge in [-0.1, -0.05) is 47.0 Å². The molecule has 1 aliphatic rings. The highest BCUT2D eigenvalue weighted by molar-refractivity contribution is 4.87. The number of unbranched alkanes of at least 4 members (excludes halogenated alkanes) is 1. The van der Waals surface area contributed by atoms with E-state index in [1.54, 1.807) is 0 Å². The van der Waals surface area contributed by atoms with Crippen molar-refractivity contribution in [2.45, 2.75) is 92.5 Å². The van der Waals surface area contributed by atoms with Crippen molar-refractivity contribution in [3.05, 3.63) is 0 Å². The summed E-state index contributed by atoms with van der Waals surface area (Å²) in [5.74, 6) is 2.78. The highest BCUT2D eigenvalue weighted by Gasteiger charge is 2.35. The van der Waals surface area contributed by atoms with Crippen LogP contribution in [-0.2, 0) is 0 Å². The Kier molecular flexibility index (Phi) is 6.57. The molecule has 1 aliphatic carbocycles. The average Bonchev–Trinajstić information content (AvgIpc) is 2.32. The molecule has 0 saturated heterocycles. The summed E-state index contributed by atoms with van der Waals surface area (Å²) < 4.78 is 0. The molecular formula is C19H39N. The van der Waals surface area contributed by atoms with Gasteiger partial charge in [-0.2, -0.15) is 0 Å². The van der Waals surface area contributed by atoms with Gasteiger partial charge in [0.2, 0.25) is 0 Å². The summed E-state index contributed by atoms with van der Waals surface area (Å²) >= 11 is 0. The number of hydrogen-bond acceptors (Lipinski definition) is 1. The van der Waals surface area contributed by atoms with Crippen molar-refractivity contribution in [1.82, 2.24) is 5.32 Å². The molecule has 1 fully saturated rings. The normalized spacial score (nSPS) is 28.6. The molecule has 3 unspecified atom stereocenters. The lowest BCUT2D eigenvalue weighted by Gasteiger charge is -2.43. The summed E-state index contributed by atoms with van der Waals surface area (Å²) in [7, 11) is 0. The van der Waals surface area contributed by atoms with Crippen LogP contribution in [0.4, 0.5) is 0 Å². The first kappa shape index (κ1) is 18.0. The van der Waals surface area contributed by atoms with E-state index in [4.69, 9.17) is 0 Å². The minimum absolute atomic E-state index is 0.260. The summed E-state index contributed by atoms with van der Waals surface area (Å²) in [6, 6.07) is 0. The Bertz CT molecular complexity index is 268. The summed E-state index contributed by atoms with van der Waals surface area (Å²) in [4.78, 5) is 0. The Morgan fingerprint density at radius 3 is 2.10 bits per heavy atom. The van der Waals surface area contributed by atoms with Crippen molar-refractivity contribution in [3.63, 3.8) is 0 Å². The lowest BCUT2D eigenvalue weighted by atomic mass is 9.64. The van der Waals surface area contributed by atoms with Gasteiger partial charge in [-0.3, -0.25) is 0 Å². The summed E-state index contributed by atoms with van der Waals surface area (Å²) in [6.45, 7) is 17.7. The molecular weight excluding hydrogens is 242 g/mol. The standard InChI is InChI=1S/C19H39N/c1-8-9-10-15-13-17(18(2,3)4)12-11-16(15)14-20-19(5,6)7/h15-17,20H,8-14H2,1-7H3. The molecule has 120 valence electrons. The minimum Gasteiger partial charge on any atom is -0.312 e. The van der Waals surface area contributed by atoms with Gasteiger partial charge in [-0.05, 0) is 69.7 Å². The first-order valence-corrected chi connectivity index (χ1v) is 8.88. The number of rotatable bonds is 5. The largest absolute Gasteiger partial charge is 0.312 e. The zero-order valence-electron chi connectivity index (χ0n) is 15.2. The second-order valence-electron chi connectivity index (χ2n) is 9.17. The van der Waals surface area contributed by atoms with E-state index >= 15 is 0 Å². The molecule has 0 amide bonds. The van der Waals surface area contributed by atoms with Crippen LogP contribution in [0.25, 0.3) is 0 Å². The Balaban J connectivity index is 2.60. The van der Waals surface area contributed by atoms with Crippen molar-refractivity contribution < 1.29 is 0 Å². The molecule has 1 rings (SSSR count). The van der Waals surface area contributed by atoms with E-state index in [0.717, 1.165) is 17.8 Å². The smallest absolute Gasteiger partial charge is 0.00966 e. The molecule has 0 aromatic heterocycles. The van der Waals surface area contributed by atoms with Crippen molar-refractivity contribution in [2.24, 2.45) is 23.2 Å². The third-order valence-electron chi connectivity index (χ3n) is 5.19. The molecule has 0 aromatic carbocycles. The lowest BCUT2D eigenvalue weighted by Crippen LogP contribution is -2.43. The summed E-state index contributed by atoms with van der Waals surface area (Å²) in [6.07, 6.45) is 8.52. The fraction of sp³-hybridized carbons (Fsp3) is 1.00. The topological polar surface area (TPSA) is 12.0 Å². The predicted octanol–water partition coefficient (Wildman–Crippen LogP) is 5.64. The number of hydrogen-bond donors (Lipinski definition) is 1. The zero-order chi connectivity index (χ0) is 15.4. The second-order valence-corrected chi connectivity index (χ2v) is 9.17. The molecule has 1 nitrogen and oxygen atoms in total. The van der Waals surface area contributed by atoms with E-state index in [9.17, 15) is 0 Å². The predicted molar refractivity (Wildman–Crippen MR) is 91.1 cm³/mol. The van der Waals surface area contributed by atoms with Crippen molar-refractivity contribution >= 4 is 0 Å². The molecule has 0 spiro atoms. The molecule has 0 aliphatic heterocycles.